The summed E-state index contributed by atoms with van der Waals surface area (Å²) in [4.78, 5) is 26.2. The van der Waals surface area contributed by atoms with Crippen molar-refractivity contribution < 1.29 is 19.1 Å². The quantitative estimate of drug-likeness (QED) is 0.820. The predicted octanol–water partition coefficient (Wildman–Crippen LogP) is 3.02. The number of methoxy groups -OCH3 is 1. The lowest BCUT2D eigenvalue weighted by Gasteiger charge is -2.18. The fourth-order valence-corrected chi connectivity index (χ4v) is 2.97. The summed E-state index contributed by atoms with van der Waals surface area (Å²) in [6, 6.07) is 13.8. The fourth-order valence-electron chi connectivity index (χ4n) is 2.97. The van der Waals surface area contributed by atoms with E-state index in [-0.39, 0.29) is 24.4 Å². The highest BCUT2D eigenvalue weighted by Crippen LogP contribution is 2.24. The van der Waals surface area contributed by atoms with Crippen LogP contribution in [0.3, 0.4) is 0 Å². The van der Waals surface area contributed by atoms with Crippen molar-refractivity contribution >= 4 is 23.3 Å². The summed E-state index contributed by atoms with van der Waals surface area (Å²) in [6.07, 6.45) is 0.267. The zero-order chi connectivity index (χ0) is 19.2. The first-order valence-corrected chi connectivity index (χ1v) is 8.84. The third kappa shape index (κ3) is 4.69. The van der Waals surface area contributed by atoms with Crippen LogP contribution < -0.4 is 25.0 Å². The molecule has 1 aliphatic heterocycles. The van der Waals surface area contributed by atoms with Gasteiger partial charge in [-0.1, -0.05) is 0 Å². The Morgan fingerprint density at radius 3 is 2.41 bits per heavy atom. The smallest absolute Gasteiger partial charge is 0.319 e. The maximum Gasteiger partial charge on any atom is 0.319 e. The Kier molecular flexibility index (Phi) is 5.80. The standard InChI is InChI=1S/C20H23N3O4/c1-3-27-18-8-4-14(5-9-18)21-20(25)22-15-12-19(24)23(13-15)16-6-10-17(26-2)11-7-16/h4-11,15H,3,12-13H2,1-2H3,(H2,21,22,25)/t15-/m0/s1. The molecule has 2 aromatic carbocycles. The molecule has 0 saturated carbocycles. The highest BCUT2D eigenvalue weighted by atomic mass is 16.5. The van der Waals surface area contributed by atoms with Gasteiger partial charge < -0.3 is 25.0 Å². The molecule has 0 aliphatic carbocycles. The van der Waals surface area contributed by atoms with Gasteiger partial charge in [0, 0.05) is 24.3 Å². The molecule has 0 aromatic heterocycles. The molecule has 27 heavy (non-hydrogen) atoms. The number of nitrogens with zero attached hydrogens (tertiary/aromatic N) is 1. The number of rotatable bonds is 6. The SMILES string of the molecule is CCOc1ccc(NC(=O)N[C@H]2CC(=O)N(c3ccc(OC)cc3)C2)cc1. The number of carbonyl (C=O) groups is 2. The minimum atomic E-state index is -0.339. The van der Waals surface area contributed by atoms with Gasteiger partial charge in [0.2, 0.25) is 5.91 Å². The van der Waals surface area contributed by atoms with Crippen molar-refractivity contribution in [2.24, 2.45) is 0 Å². The molecule has 0 spiro atoms. The molecular formula is C20H23N3O4. The number of urea groups is 1. The van der Waals surface area contributed by atoms with Crippen LogP contribution in [0.4, 0.5) is 16.2 Å². The number of ether oxygens (including phenoxy) is 2. The zero-order valence-electron chi connectivity index (χ0n) is 15.4. The van der Waals surface area contributed by atoms with Crippen LogP contribution in [0.2, 0.25) is 0 Å². The minimum Gasteiger partial charge on any atom is -0.497 e. The van der Waals surface area contributed by atoms with Crippen LogP contribution in [0.25, 0.3) is 0 Å². The van der Waals surface area contributed by atoms with Crippen LogP contribution in [-0.4, -0.2) is 38.2 Å². The summed E-state index contributed by atoms with van der Waals surface area (Å²) < 4.78 is 10.5. The van der Waals surface area contributed by atoms with E-state index in [1.807, 2.05) is 31.2 Å². The highest BCUT2D eigenvalue weighted by molar-refractivity contribution is 5.97. The van der Waals surface area contributed by atoms with Gasteiger partial charge in [-0.25, -0.2) is 4.79 Å². The Hall–Kier alpha value is -3.22. The minimum absolute atomic E-state index is 0.0217. The number of anilines is 2. The average molecular weight is 369 g/mol. The third-order valence-electron chi connectivity index (χ3n) is 4.27. The van der Waals surface area contributed by atoms with Crippen molar-refractivity contribution in [1.82, 2.24) is 5.32 Å². The van der Waals surface area contributed by atoms with E-state index >= 15 is 0 Å². The first-order chi connectivity index (χ1) is 13.1. The summed E-state index contributed by atoms with van der Waals surface area (Å²) in [7, 11) is 1.60. The molecule has 2 N–H and O–H groups in total. The molecule has 1 aliphatic rings. The molecule has 3 amide bonds. The largest absolute Gasteiger partial charge is 0.497 e. The second kappa shape index (κ2) is 8.44. The number of benzene rings is 2. The highest BCUT2D eigenvalue weighted by Gasteiger charge is 2.31. The van der Waals surface area contributed by atoms with Crippen molar-refractivity contribution in [3.63, 3.8) is 0 Å². The lowest BCUT2D eigenvalue weighted by atomic mass is 10.2. The van der Waals surface area contributed by atoms with E-state index in [0.29, 0.717) is 18.8 Å². The Labute approximate surface area is 158 Å². The van der Waals surface area contributed by atoms with E-state index < -0.39 is 0 Å². The maximum absolute atomic E-state index is 12.3. The normalized spacial score (nSPS) is 16.1. The fraction of sp³-hybridized carbons (Fsp3) is 0.300. The number of hydrogen-bond acceptors (Lipinski definition) is 4. The van der Waals surface area contributed by atoms with Gasteiger partial charge in [-0.2, -0.15) is 0 Å². The second-order valence-electron chi connectivity index (χ2n) is 6.16. The first-order valence-electron chi connectivity index (χ1n) is 8.84. The van der Waals surface area contributed by atoms with Gasteiger partial charge in [0.1, 0.15) is 11.5 Å². The molecule has 1 atom stereocenters. The van der Waals surface area contributed by atoms with Crippen molar-refractivity contribution in [1.29, 1.82) is 0 Å². The number of amides is 3. The van der Waals surface area contributed by atoms with Crippen LogP contribution in [-0.2, 0) is 4.79 Å². The van der Waals surface area contributed by atoms with Crippen LogP contribution in [0, 0.1) is 0 Å². The van der Waals surface area contributed by atoms with Crippen LogP contribution in [0.5, 0.6) is 11.5 Å². The lowest BCUT2D eigenvalue weighted by molar-refractivity contribution is -0.117. The van der Waals surface area contributed by atoms with E-state index in [9.17, 15) is 9.59 Å². The van der Waals surface area contributed by atoms with Gasteiger partial charge in [0.15, 0.2) is 0 Å². The summed E-state index contributed by atoms with van der Waals surface area (Å²) in [5.74, 6) is 1.46. The monoisotopic (exact) mass is 369 g/mol. The van der Waals surface area contributed by atoms with Crippen molar-refractivity contribution in [2.75, 3.05) is 30.5 Å². The molecule has 2 aromatic rings. The van der Waals surface area contributed by atoms with Crippen LogP contribution in [0.15, 0.2) is 48.5 Å². The Morgan fingerprint density at radius 1 is 1.11 bits per heavy atom. The number of hydrogen-bond donors (Lipinski definition) is 2. The summed E-state index contributed by atoms with van der Waals surface area (Å²) in [6.45, 7) is 2.94. The third-order valence-corrected chi connectivity index (χ3v) is 4.27. The molecule has 3 rings (SSSR count). The molecule has 7 nitrogen and oxygen atoms in total. The Morgan fingerprint density at radius 2 is 1.78 bits per heavy atom. The molecule has 0 unspecified atom stereocenters. The topological polar surface area (TPSA) is 79.9 Å². The molecule has 1 heterocycles. The summed E-state index contributed by atoms with van der Waals surface area (Å²) in [5.41, 5.74) is 1.45. The van der Waals surface area contributed by atoms with Gasteiger partial charge >= 0.3 is 6.03 Å². The molecule has 1 saturated heterocycles. The van der Waals surface area contributed by atoms with E-state index in [0.717, 1.165) is 17.2 Å². The molecule has 0 bridgehead atoms. The van der Waals surface area contributed by atoms with Crippen molar-refractivity contribution in [3.8, 4) is 11.5 Å². The molecule has 0 radical (unpaired) electrons. The van der Waals surface area contributed by atoms with Crippen LogP contribution >= 0.6 is 0 Å². The van der Waals surface area contributed by atoms with Crippen molar-refractivity contribution in [3.05, 3.63) is 48.5 Å². The zero-order valence-corrected chi connectivity index (χ0v) is 15.4. The van der Waals surface area contributed by atoms with Gasteiger partial charge in [-0.05, 0) is 55.5 Å². The second-order valence-corrected chi connectivity index (χ2v) is 6.16. The van der Waals surface area contributed by atoms with Gasteiger partial charge in [0.05, 0.1) is 19.8 Å². The molecule has 1 fully saturated rings. The van der Waals surface area contributed by atoms with Gasteiger partial charge in [-0.15, -0.1) is 0 Å². The van der Waals surface area contributed by atoms with E-state index in [1.54, 1.807) is 36.3 Å². The van der Waals surface area contributed by atoms with Crippen LogP contribution in [0.1, 0.15) is 13.3 Å². The van der Waals surface area contributed by atoms with Gasteiger partial charge in [0.25, 0.3) is 0 Å². The predicted molar refractivity (Wildman–Crippen MR) is 104 cm³/mol. The Bertz CT molecular complexity index is 790. The molecule has 142 valence electrons. The Balaban J connectivity index is 1.54. The average Bonchev–Trinajstić information content (AvgIpc) is 3.03. The maximum atomic E-state index is 12.3. The van der Waals surface area contributed by atoms with E-state index in [1.165, 1.54) is 0 Å². The summed E-state index contributed by atoms with van der Waals surface area (Å²) >= 11 is 0. The summed E-state index contributed by atoms with van der Waals surface area (Å²) in [5, 5.41) is 5.62. The van der Waals surface area contributed by atoms with Gasteiger partial charge in [-0.3, -0.25) is 4.79 Å². The number of nitrogens with one attached hydrogen (secondary N) is 2. The van der Waals surface area contributed by atoms with E-state index in [2.05, 4.69) is 10.6 Å². The lowest BCUT2D eigenvalue weighted by Crippen LogP contribution is -2.39. The first kappa shape index (κ1) is 18.6. The van der Waals surface area contributed by atoms with E-state index in [4.69, 9.17) is 9.47 Å². The molecular weight excluding hydrogens is 346 g/mol. The van der Waals surface area contributed by atoms with Crippen molar-refractivity contribution in [2.45, 2.75) is 19.4 Å². The number of carbonyl (C=O) groups excluding carboxylic acids is 2. The molecule has 7 heteroatoms.